The second-order valence-electron chi connectivity index (χ2n) is 3.00. The molecule has 0 aliphatic rings. The molecule has 0 atom stereocenters. The Labute approximate surface area is 89.7 Å². The number of halogens is 3. The Morgan fingerprint density at radius 2 is 2.06 bits per heavy atom. The molecule has 3 nitrogen and oxygen atoms in total. The number of rotatable bonds is 3. The van der Waals surface area contributed by atoms with Gasteiger partial charge in [0.25, 0.3) is 0 Å². The first kappa shape index (κ1) is 12.3. The second kappa shape index (κ2) is 4.86. The minimum atomic E-state index is -4.44. The van der Waals surface area contributed by atoms with Crippen LogP contribution in [0.1, 0.15) is 11.1 Å². The van der Waals surface area contributed by atoms with Crippen LogP contribution in [0.5, 0.6) is 5.75 Å². The molecule has 16 heavy (non-hydrogen) atoms. The van der Waals surface area contributed by atoms with Crippen molar-refractivity contribution in [1.82, 2.24) is 0 Å². The molecule has 1 rings (SSSR count). The van der Waals surface area contributed by atoms with Crippen LogP contribution < -0.4 is 4.74 Å². The third-order valence-corrected chi connectivity index (χ3v) is 1.74. The molecule has 86 valence electrons. The molecule has 1 aromatic carbocycles. The van der Waals surface area contributed by atoms with Crippen LogP contribution in [0.15, 0.2) is 18.2 Å². The summed E-state index contributed by atoms with van der Waals surface area (Å²) in [6, 6.07) is 5.61. The molecule has 0 unspecified atom stereocenters. The lowest BCUT2D eigenvalue weighted by Crippen LogP contribution is -2.19. The maximum Gasteiger partial charge on any atom is 0.422 e. The lowest BCUT2D eigenvalue weighted by atomic mass is 10.1. The van der Waals surface area contributed by atoms with Gasteiger partial charge < -0.3 is 9.84 Å². The average Bonchev–Trinajstić information content (AvgIpc) is 2.25. The van der Waals surface area contributed by atoms with Crippen molar-refractivity contribution in [3.05, 3.63) is 29.3 Å². The van der Waals surface area contributed by atoms with Gasteiger partial charge in [0.2, 0.25) is 0 Å². The Kier molecular flexibility index (Phi) is 3.74. The van der Waals surface area contributed by atoms with Gasteiger partial charge in [-0.15, -0.1) is 0 Å². The summed E-state index contributed by atoms with van der Waals surface area (Å²) in [5.41, 5.74) is 0.409. The van der Waals surface area contributed by atoms with E-state index < -0.39 is 12.8 Å². The first-order chi connectivity index (χ1) is 7.46. The Hall–Kier alpha value is -1.74. The fourth-order valence-electron chi connectivity index (χ4n) is 1.05. The van der Waals surface area contributed by atoms with Gasteiger partial charge in [0.15, 0.2) is 6.61 Å². The number of aliphatic hydroxyl groups excluding tert-OH is 1. The van der Waals surface area contributed by atoms with Crippen molar-refractivity contribution in [2.24, 2.45) is 0 Å². The van der Waals surface area contributed by atoms with E-state index in [1.807, 2.05) is 0 Å². The van der Waals surface area contributed by atoms with E-state index in [-0.39, 0.29) is 17.9 Å². The van der Waals surface area contributed by atoms with Gasteiger partial charge >= 0.3 is 6.18 Å². The van der Waals surface area contributed by atoms with Crippen molar-refractivity contribution in [3.63, 3.8) is 0 Å². The van der Waals surface area contributed by atoms with Gasteiger partial charge in [-0.3, -0.25) is 0 Å². The zero-order chi connectivity index (χ0) is 12.2. The highest BCUT2D eigenvalue weighted by Crippen LogP contribution is 2.22. The highest BCUT2D eigenvalue weighted by atomic mass is 19.4. The predicted molar refractivity (Wildman–Crippen MR) is 48.6 cm³/mol. The minimum Gasteiger partial charge on any atom is -0.483 e. The maximum absolute atomic E-state index is 11.9. The number of nitriles is 1. The molecule has 0 aliphatic carbocycles. The van der Waals surface area contributed by atoms with Gasteiger partial charge in [0.05, 0.1) is 12.2 Å². The fourth-order valence-corrected chi connectivity index (χ4v) is 1.05. The van der Waals surface area contributed by atoms with Gasteiger partial charge in [-0.05, 0) is 17.7 Å². The number of hydrogen-bond acceptors (Lipinski definition) is 3. The lowest BCUT2D eigenvalue weighted by molar-refractivity contribution is -0.153. The highest BCUT2D eigenvalue weighted by molar-refractivity contribution is 5.45. The number of benzene rings is 1. The summed E-state index contributed by atoms with van der Waals surface area (Å²) in [5, 5.41) is 17.5. The van der Waals surface area contributed by atoms with Gasteiger partial charge in [-0.1, -0.05) is 6.07 Å². The Bertz CT molecular complexity index is 410. The minimum absolute atomic E-state index is 0.0317. The standard InChI is InChI=1S/C10H8F3NO2/c11-10(12,13)6-16-9-2-1-7(5-15)3-8(9)4-14/h1-3,15H,5-6H2. The lowest BCUT2D eigenvalue weighted by Gasteiger charge is -2.10. The smallest absolute Gasteiger partial charge is 0.422 e. The van der Waals surface area contributed by atoms with Crippen LogP contribution in [-0.2, 0) is 6.61 Å². The van der Waals surface area contributed by atoms with E-state index in [9.17, 15) is 13.2 Å². The molecule has 0 heterocycles. The number of ether oxygens (including phenoxy) is 1. The normalized spacial score (nSPS) is 10.9. The van der Waals surface area contributed by atoms with E-state index >= 15 is 0 Å². The van der Waals surface area contributed by atoms with Crippen molar-refractivity contribution in [1.29, 1.82) is 5.26 Å². The third-order valence-electron chi connectivity index (χ3n) is 1.74. The number of hydrogen-bond donors (Lipinski definition) is 1. The summed E-state index contributed by atoms with van der Waals surface area (Å²) < 4.78 is 40.1. The summed E-state index contributed by atoms with van der Waals surface area (Å²) in [6.07, 6.45) is -4.44. The zero-order valence-electron chi connectivity index (χ0n) is 8.08. The van der Waals surface area contributed by atoms with E-state index in [1.54, 1.807) is 6.07 Å². The Morgan fingerprint density at radius 1 is 1.38 bits per heavy atom. The maximum atomic E-state index is 11.9. The van der Waals surface area contributed by atoms with Gasteiger partial charge in [0.1, 0.15) is 11.8 Å². The van der Waals surface area contributed by atoms with E-state index in [0.717, 1.165) is 0 Å². The molecule has 0 bridgehead atoms. The van der Waals surface area contributed by atoms with Crippen LogP contribution in [0.25, 0.3) is 0 Å². The molecule has 0 aliphatic heterocycles. The van der Waals surface area contributed by atoms with Gasteiger partial charge in [-0.2, -0.15) is 18.4 Å². The first-order valence-electron chi connectivity index (χ1n) is 4.29. The first-order valence-corrected chi connectivity index (χ1v) is 4.29. The summed E-state index contributed by atoms with van der Waals surface area (Å²) in [6.45, 7) is -1.73. The summed E-state index contributed by atoms with van der Waals surface area (Å²) in [4.78, 5) is 0. The molecule has 0 radical (unpaired) electrons. The van der Waals surface area contributed by atoms with Crippen LogP contribution in [0.2, 0.25) is 0 Å². The van der Waals surface area contributed by atoms with E-state index in [1.165, 1.54) is 18.2 Å². The van der Waals surface area contributed by atoms with Crippen LogP contribution in [0, 0.1) is 11.3 Å². The van der Waals surface area contributed by atoms with Crippen LogP contribution in [-0.4, -0.2) is 17.9 Å². The summed E-state index contributed by atoms with van der Waals surface area (Å²) >= 11 is 0. The monoisotopic (exact) mass is 231 g/mol. The van der Waals surface area contributed by atoms with Crippen LogP contribution >= 0.6 is 0 Å². The largest absolute Gasteiger partial charge is 0.483 e. The van der Waals surface area contributed by atoms with E-state index in [4.69, 9.17) is 10.4 Å². The molecule has 0 spiro atoms. The molecule has 0 amide bonds. The summed E-state index contributed by atoms with van der Waals surface area (Å²) in [7, 11) is 0. The van der Waals surface area contributed by atoms with Crippen molar-refractivity contribution in [2.45, 2.75) is 12.8 Å². The van der Waals surface area contributed by atoms with Gasteiger partial charge in [0, 0.05) is 0 Å². The second-order valence-corrected chi connectivity index (χ2v) is 3.00. The summed E-state index contributed by atoms with van der Waals surface area (Å²) in [5.74, 6) is -0.142. The molecule has 0 saturated carbocycles. The number of nitrogens with zero attached hydrogens (tertiary/aromatic N) is 1. The number of alkyl halides is 3. The molecule has 6 heteroatoms. The zero-order valence-corrected chi connectivity index (χ0v) is 8.08. The van der Waals surface area contributed by atoms with Crippen molar-refractivity contribution < 1.29 is 23.0 Å². The number of aliphatic hydroxyl groups is 1. The molecular formula is C10H8F3NO2. The van der Waals surface area contributed by atoms with Crippen molar-refractivity contribution >= 4 is 0 Å². The third kappa shape index (κ3) is 3.44. The molecule has 0 fully saturated rings. The predicted octanol–water partition coefficient (Wildman–Crippen LogP) is 1.99. The Balaban J connectivity index is 2.85. The highest BCUT2D eigenvalue weighted by Gasteiger charge is 2.28. The Morgan fingerprint density at radius 3 is 2.56 bits per heavy atom. The quantitative estimate of drug-likeness (QED) is 0.865. The molecular weight excluding hydrogens is 223 g/mol. The van der Waals surface area contributed by atoms with Crippen molar-refractivity contribution in [2.75, 3.05) is 6.61 Å². The molecule has 1 aromatic rings. The van der Waals surface area contributed by atoms with E-state index in [2.05, 4.69) is 4.74 Å². The van der Waals surface area contributed by atoms with Crippen LogP contribution in [0.4, 0.5) is 13.2 Å². The average molecular weight is 231 g/mol. The van der Waals surface area contributed by atoms with Crippen molar-refractivity contribution in [3.8, 4) is 11.8 Å². The molecule has 0 aromatic heterocycles. The fraction of sp³-hybridized carbons (Fsp3) is 0.300. The van der Waals surface area contributed by atoms with Gasteiger partial charge in [-0.25, -0.2) is 0 Å². The van der Waals surface area contributed by atoms with Crippen LogP contribution in [0.3, 0.4) is 0 Å². The molecule has 0 saturated heterocycles. The SMILES string of the molecule is N#Cc1cc(CO)ccc1OCC(F)(F)F. The molecule has 1 N–H and O–H groups in total. The van der Waals surface area contributed by atoms with E-state index in [0.29, 0.717) is 5.56 Å². The topological polar surface area (TPSA) is 53.2 Å².